The molecule has 0 aromatic rings. The summed E-state index contributed by atoms with van der Waals surface area (Å²) in [4.78, 5) is 22.1. The molecule has 0 fully saturated rings. The van der Waals surface area contributed by atoms with Gasteiger partial charge in [0, 0.05) is 6.42 Å². The van der Waals surface area contributed by atoms with Crippen molar-refractivity contribution in [3.8, 4) is 0 Å². The molecule has 2 nitrogen and oxygen atoms in total. The molecule has 0 amide bonds. The van der Waals surface area contributed by atoms with E-state index in [2.05, 4.69) is 6.92 Å². The predicted octanol–water partition coefficient (Wildman–Crippen LogP) is 6.02. The van der Waals surface area contributed by atoms with Crippen molar-refractivity contribution >= 4 is 11.6 Å². The van der Waals surface area contributed by atoms with Crippen LogP contribution in [0.1, 0.15) is 110 Å². The Morgan fingerprint density at radius 3 is 1.38 bits per heavy atom. The SMILES string of the molecule is CCCCCCCCCCCCCCCC(=O)CC(C)=O. The fraction of sp³-hybridized carbons (Fsp3) is 0.895. The van der Waals surface area contributed by atoms with Crippen molar-refractivity contribution < 1.29 is 9.59 Å². The van der Waals surface area contributed by atoms with E-state index >= 15 is 0 Å². The molecule has 21 heavy (non-hydrogen) atoms. The third kappa shape index (κ3) is 17.3. The van der Waals surface area contributed by atoms with Crippen molar-refractivity contribution in [2.24, 2.45) is 0 Å². The molecule has 0 unspecified atom stereocenters. The summed E-state index contributed by atoms with van der Waals surface area (Å²) in [5.74, 6) is 0.111. The standard InChI is InChI=1S/C19H36O2/c1-3-4-5-6-7-8-9-10-11-12-13-14-15-16-19(21)17-18(2)20/h3-17H2,1-2H3. The first-order valence-corrected chi connectivity index (χ1v) is 9.18. The number of Topliss-reactive ketones (excluding diaryl/α,β-unsaturated/α-hetero) is 2. The average Bonchev–Trinajstić information content (AvgIpc) is 2.43. The highest BCUT2D eigenvalue weighted by Crippen LogP contribution is 2.13. The highest BCUT2D eigenvalue weighted by atomic mass is 16.1. The lowest BCUT2D eigenvalue weighted by Gasteiger charge is -2.03. The fourth-order valence-corrected chi connectivity index (χ4v) is 2.71. The van der Waals surface area contributed by atoms with Gasteiger partial charge in [-0.1, -0.05) is 84.0 Å². The van der Waals surface area contributed by atoms with Gasteiger partial charge in [-0.15, -0.1) is 0 Å². The van der Waals surface area contributed by atoms with Crippen LogP contribution in [0.25, 0.3) is 0 Å². The summed E-state index contributed by atoms with van der Waals surface area (Å²) in [5.41, 5.74) is 0. The maximum atomic E-state index is 11.3. The molecule has 0 aliphatic rings. The highest BCUT2D eigenvalue weighted by Gasteiger charge is 2.04. The van der Waals surface area contributed by atoms with Gasteiger partial charge in [0.25, 0.3) is 0 Å². The molecular weight excluding hydrogens is 260 g/mol. The number of unbranched alkanes of at least 4 members (excludes halogenated alkanes) is 12. The Labute approximate surface area is 132 Å². The summed E-state index contributed by atoms with van der Waals surface area (Å²) in [6.45, 7) is 3.75. The van der Waals surface area contributed by atoms with E-state index in [-0.39, 0.29) is 18.0 Å². The van der Waals surface area contributed by atoms with E-state index in [1.165, 1.54) is 77.6 Å². The number of carbonyl (C=O) groups is 2. The number of hydrogen-bond acceptors (Lipinski definition) is 2. The fourth-order valence-electron chi connectivity index (χ4n) is 2.71. The average molecular weight is 296 g/mol. The molecule has 0 radical (unpaired) electrons. The molecule has 0 heterocycles. The Balaban J connectivity index is 3.09. The molecule has 124 valence electrons. The van der Waals surface area contributed by atoms with E-state index in [0.29, 0.717) is 6.42 Å². The minimum absolute atomic E-state index is 0.00491. The van der Waals surface area contributed by atoms with Crippen molar-refractivity contribution in [1.82, 2.24) is 0 Å². The first kappa shape index (κ1) is 20.3. The van der Waals surface area contributed by atoms with Gasteiger partial charge in [-0.05, 0) is 13.3 Å². The monoisotopic (exact) mass is 296 g/mol. The smallest absolute Gasteiger partial charge is 0.140 e. The van der Waals surface area contributed by atoms with Crippen LogP contribution in [0.5, 0.6) is 0 Å². The zero-order chi connectivity index (χ0) is 15.8. The number of rotatable bonds is 16. The first-order valence-electron chi connectivity index (χ1n) is 9.18. The molecule has 0 spiro atoms. The van der Waals surface area contributed by atoms with Gasteiger partial charge in [-0.2, -0.15) is 0 Å². The van der Waals surface area contributed by atoms with Gasteiger partial charge in [0.15, 0.2) is 0 Å². The Hall–Kier alpha value is -0.660. The molecule has 2 heteroatoms. The van der Waals surface area contributed by atoms with E-state index < -0.39 is 0 Å². The third-order valence-electron chi connectivity index (χ3n) is 4.01. The maximum absolute atomic E-state index is 11.3. The zero-order valence-corrected chi connectivity index (χ0v) is 14.4. The van der Waals surface area contributed by atoms with Gasteiger partial charge in [-0.3, -0.25) is 9.59 Å². The summed E-state index contributed by atoms with van der Waals surface area (Å²) in [7, 11) is 0. The Bertz CT molecular complexity index is 258. The van der Waals surface area contributed by atoms with Crippen LogP contribution in [0, 0.1) is 0 Å². The molecule has 0 aromatic heterocycles. The largest absolute Gasteiger partial charge is 0.300 e. The third-order valence-corrected chi connectivity index (χ3v) is 4.01. The first-order chi connectivity index (χ1) is 10.2. The second-order valence-electron chi connectivity index (χ2n) is 6.41. The molecule has 0 N–H and O–H groups in total. The van der Waals surface area contributed by atoms with Gasteiger partial charge in [0.2, 0.25) is 0 Å². The lowest BCUT2D eigenvalue weighted by molar-refractivity contribution is -0.125. The maximum Gasteiger partial charge on any atom is 0.140 e. The van der Waals surface area contributed by atoms with Crippen molar-refractivity contribution in [3.05, 3.63) is 0 Å². The lowest BCUT2D eigenvalue weighted by Crippen LogP contribution is -2.03. The molecule has 0 atom stereocenters. The Morgan fingerprint density at radius 2 is 1.00 bits per heavy atom. The summed E-state index contributed by atoms with van der Waals surface area (Å²) in [6, 6.07) is 0. The zero-order valence-electron chi connectivity index (χ0n) is 14.4. The molecule has 0 aromatic carbocycles. The summed E-state index contributed by atoms with van der Waals surface area (Å²) in [5, 5.41) is 0. The normalized spacial score (nSPS) is 10.8. The summed E-state index contributed by atoms with van der Waals surface area (Å²) in [6.07, 6.45) is 17.9. The van der Waals surface area contributed by atoms with E-state index in [9.17, 15) is 9.59 Å². The van der Waals surface area contributed by atoms with E-state index in [4.69, 9.17) is 0 Å². The molecule has 0 aliphatic carbocycles. The summed E-state index contributed by atoms with van der Waals surface area (Å²) >= 11 is 0. The van der Waals surface area contributed by atoms with Gasteiger partial charge in [0.1, 0.15) is 11.6 Å². The predicted molar refractivity (Wildman–Crippen MR) is 90.6 cm³/mol. The molecule has 0 rings (SSSR count). The minimum Gasteiger partial charge on any atom is -0.300 e. The minimum atomic E-state index is -0.00491. The van der Waals surface area contributed by atoms with Crippen LogP contribution in [0.3, 0.4) is 0 Å². The lowest BCUT2D eigenvalue weighted by atomic mass is 10.0. The highest BCUT2D eigenvalue weighted by molar-refractivity contribution is 5.97. The van der Waals surface area contributed by atoms with Gasteiger partial charge in [-0.25, -0.2) is 0 Å². The molecule has 0 saturated carbocycles. The molecular formula is C19H36O2. The molecule has 0 bridgehead atoms. The van der Waals surface area contributed by atoms with Crippen LogP contribution in [0.15, 0.2) is 0 Å². The van der Waals surface area contributed by atoms with Crippen molar-refractivity contribution in [2.45, 2.75) is 110 Å². The summed E-state index contributed by atoms with van der Waals surface area (Å²) < 4.78 is 0. The number of carbonyl (C=O) groups excluding carboxylic acids is 2. The van der Waals surface area contributed by atoms with Crippen LogP contribution in [-0.2, 0) is 9.59 Å². The van der Waals surface area contributed by atoms with Crippen LogP contribution < -0.4 is 0 Å². The quantitative estimate of drug-likeness (QED) is 0.258. The molecule has 0 aliphatic heterocycles. The van der Waals surface area contributed by atoms with Gasteiger partial charge < -0.3 is 0 Å². The topological polar surface area (TPSA) is 34.1 Å². The van der Waals surface area contributed by atoms with Crippen LogP contribution in [-0.4, -0.2) is 11.6 Å². The number of ketones is 2. The molecule has 0 saturated heterocycles. The van der Waals surface area contributed by atoms with Gasteiger partial charge in [0.05, 0.1) is 6.42 Å². The van der Waals surface area contributed by atoms with Crippen LogP contribution in [0.2, 0.25) is 0 Å². The van der Waals surface area contributed by atoms with Crippen molar-refractivity contribution in [3.63, 3.8) is 0 Å². The second kappa shape index (κ2) is 15.7. The number of hydrogen-bond donors (Lipinski definition) is 0. The van der Waals surface area contributed by atoms with Crippen LogP contribution >= 0.6 is 0 Å². The Kier molecular flexibility index (Phi) is 15.2. The van der Waals surface area contributed by atoms with Crippen LogP contribution in [0.4, 0.5) is 0 Å². The second-order valence-corrected chi connectivity index (χ2v) is 6.41. The van der Waals surface area contributed by atoms with E-state index in [1.807, 2.05) is 0 Å². The van der Waals surface area contributed by atoms with Crippen molar-refractivity contribution in [1.29, 1.82) is 0 Å². The van der Waals surface area contributed by atoms with E-state index in [0.717, 1.165) is 12.8 Å². The van der Waals surface area contributed by atoms with E-state index in [1.54, 1.807) is 0 Å². The van der Waals surface area contributed by atoms with Crippen molar-refractivity contribution in [2.75, 3.05) is 0 Å². The Morgan fingerprint density at radius 1 is 0.619 bits per heavy atom. The van der Waals surface area contributed by atoms with Gasteiger partial charge >= 0.3 is 0 Å².